The summed E-state index contributed by atoms with van der Waals surface area (Å²) in [5.74, 6) is 1.14. The Balaban J connectivity index is 0.00000163. The summed E-state index contributed by atoms with van der Waals surface area (Å²) in [7, 11) is 6.96. The van der Waals surface area contributed by atoms with Crippen molar-refractivity contribution in [2.75, 3.05) is 28.3 Å². The lowest BCUT2D eigenvalue weighted by atomic mass is 10.2. The molecule has 1 rings (SSSR count). The average Bonchev–Trinajstić information content (AvgIpc) is 2.59. The maximum atomic E-state index is 13.7. The van der Waals surface area contributed by atoms with E-state index in [2.05, 4.69) is 16.6 Å². The van der Waals surface area contributed by atoms with Gasteiger partial charge in [-0.25, -0.2) is 4.39 Å². The predicted molar refractivity (Wildman–Crippen MR) is 102 cm³/mol. The van der Waals surface area contributed by atoms with Gasteiger partial charge in [-0.15, -0.1) is 0 Å². The standard InChI is InChI=1S/C16H20FNO2S.C2H7N/c1-5-7-14(17)16(6-2)21-18-11-12-8-9-13(19-3)10-15(12)20-4;1-3-2/h5-10,18H,2,11H2,1,3-4H3;3H,1-2H3/b7-5-,16-14-;. The van der Waals surface area contributed by atoms with Crippen LogP contribution in [0.1, 0.15) is 12.5 Å². The average molecular weight is 354 g/mol. The molecule has 1 aromatic rings. The van der Waals surface area contributed by atoms with Crippen LogP contribution in [0, 0.1) is 0 Å². The number of rotatable bonds is 8. The molecular formula is C18H27FN2O2S. The van der Waals surface area contributed by atoms with E-state index in [-0.39, 0.29) is 5.83 Å². The molecule has 0 spiro atoms. The minimum absolute atomic E-state index is 0.313. The monoisotopic (exact) mass is 354 g/mol. The van der Waals surface area contributed by atoms with Gasteiger partial charge in [-0.2, -0.15) is 0 Å². The van der Waals surface area contributed by atoms with Crippen molar-refractivity contribution in [3.63, 3.8) is 0 Å². The van der Waals surface area contributed by atoms with Crippen LogP contribution < -0.4 is 19.5 Å². The van der Waals surface area contributed by atoms with Gasteiger partial charge in [0, 0.05) is 18.2 Å². The van der Waals surface area contributed by atoms with Crippen LogP contribution in [0.2, 0.25) is 0 Å². The molecule has 4 nitrogen and oxygen atoms in total. The Bertz CT molecular complexity index is 560. The van der Waals surface area contributed by atoms with Gasteiger partial charge in [0.05, 0.1) is 19.1 Å². The minimum Gasteiger partial charge on any atom is -0.497 e. The van der Waals surface area contributed by atoms with Gasteiger partial charge in [0.2, 0.25) is 0 Å². The Morgan fingerprint density at radius 2 is 1.96 bits per heavy atom. The number of ether oxygens (including phenoxy) is 2. The van der Waals surface area contributed by atoms with Crippen molar-refractivity contribution in [2.24, 2.45) is 0 Å². The highest BCUT2D eigenvalue weighted by Crippen LogP contribution is 2.26. The van der Waals surface area contributed by atoms with Gasteiger partial charge in [-0.05, 0) is 45.1 Å². The third-order valence-electron chi connectivity index (χ3n) is 2.67. The molecule has 0 saturated heterocycles. The van der Waals surface area contributed by atoms with Gasteiger partial charge >= 0.3 is 0 Å². The largest absolute Gasteiger partial charge is 0.497 e. The van der Waals surface area contributed by atoms with Gasteiger partial charge in [0.15, 0.2) is 0 Å². The van der Waals surface area contributed by atoms with Crippen molar-refractivity contribution in [3.8, 4) is 11.5 Å². The molecule has 0 amide bonds. The van der Waals surface area contributed by atoms with Gasteiger partial charge in [-0.3, -0.25) is 4.72 Å². The molecule has 0 aliphatic carbocycles. The van der Waals surface area contributed by atoms with Crippen LogP contribution in [0.3, 0.4) is 0 Å². The summed E-state index contributed by atoms with van der Waals surface area (Å²) in [6, 6.07) is 5.58. The Hall–Kier alpha value is -1.76. The first kappa shape index (κ1) is 22.2. The molecule has 0 saturated carbocycles. The number of nitrogens with one attached hydrogen (secondary N) is 2. The Labute approximate surface area is 148 Å². The predicted octanol–water partition coefficient (Wildman–Crippen LogP) is 4.22. The van der Waals surface area contributed by atoms with E-state index in [4.69, 9.17) is 9.47 Å². The summed E-state index contributed by atoms with van der Waals surface area (Å²) >= 11 is 1.19. The second-order valence-corrected chi connectivity index (χ2v) is 5.45. The van der Waals surface area contributed by atoms with E-state index >= 15 is 0 Å². The second kappa shape index (κ2) is 13.7. The number of allylic oxidation sites excluding steroid dienone is 4. The lowest BCUT2D eigenvalue weighted by Crippen LogP contribution is -2.05. The summed E-state index contributed by atoms with van der Waals surface area (Å²) in [6.07, 6.45) is 4.53. The van der Waals surface area contributed by atoms with E-state index in [1.54, 1.807) is 27.2 Å². The first-order chi connectivity index (χ1) is 11.6. The molecule has 0 aliphatic rings. The molecule has 0 heterocycles. The summed E-state index contributed by atoms with van der Waals surface area (Å²) in [4.78, 5) is 0.445. The van der Waals surface area contributed by atoms with E-state index < -0.39 is 0 Å². The quantitative estimate of drug-likeness (QED) is 0.540. The van der Waals surface area contributed by atoms with Gasteiger partial charge in [-0.1, -0.05) is 24.8 Å². The molecule has 0 fully saturated rings. The molecule has 0 aromatic heterocycles. The van der Waals surface area contributed by atoms with Crippen molar-refractivity contribution >= 4 is 11.9 Å². The third kappa shape index (κ3) is 8.19. The van der Waals surface area contributed by atoms with Crippen LogP contribution in [0.15, 0.2) is 53.7 Å². The Morgan fingerprint density at radius 1 is 1.29 bits per heavy atom. The van der Waals surface area contributed by atoms with Crippen LogP contribution in [0.4, 0.5) is 4.39 Å². The van der Waals surface area contributed by atoms with Crippen LogP contribution in [-0.4, -0.2) is 28.3 Å². The highest BCUT2D eigenvalue weighted by Gasteiger charge is 2.06. The van der Waals surface area contributed by atoms with E-state index in [1.807, 2.05) is 32.3 Å². The van der Waals surface area contributed by atoms with E-state index in [0.717, 1.165) is 17.1 Å². The third-order valence-corrected chi connectivity index (χ3v) is 3.54. The zero-order valence-corrected chi connectivity index (χ0v) is 15.8. The number of hydrogen-bond donors (Lipinski definition) is 2. The van der Waals surface area contributed by atoms with E-state index in [9.17, 15) is 4.39 Å². The summed E-state index contributed by atoms with van der Waals surface area (Å²) in [5.41, 5.74) is 0.959. The van der Waals surface area contributed by atoms with Crippen molar-refractivity contribution in [1.82, 2.24) is 10.0 Å². The molecule has 24 heavy (non-hydrogen) atoms. The number of benzene rings is 1. The van der Waals surface area contributed by atoms with Gasteiger partial charge in [0.25, 0.3) is 0 Å². The highest BCUT2D eigenvalue weighted by molar-refractivity contribution is 8.01. The maximum Gasteiger partial charge on any atom is 0.137 e. The summed E-state index contributed by atoms with van der Waals surface area (Å²) in [5, 5.41) is 2.75. The van der Waals surface area contributed by atoms with E-state index in [0.29, 0.717) is 11.4 Å². The van der Waals surface area contributed by atoms with Crippen LogP contribution in [0.25, 0.3) is 0 Å². The number of hydrogen-bond acceptors (Lipinski definition) is 5. The molecule has 0 atom stereocenters. The molecule has 0 radical (unpaired) electrons. The summed E-state index contributed by atoms with van der Waals surface area (Å²) in [6.45, 7) is 5.90. The minimum atomic E-state index is -0.313. The van der Waals surface area contributed by atoms with Crippen LogP contribution >= 0.6 is 11.9 Å². The SMILES string of the molecule is C=C/C(SNCc1ccc(OC)cc1OC)=C(F)\C=C/C.CNC. The van der Waals surface area contributed by atoms with Crippen molar-refractivity contribution in [3.05, 3.63) is 59.3 Å². The lowest BCUT2D eigenvalue weighted by molar-refractivity contribution is 0.391. The Morgan fingerprint density at radius 3 is 2.46 bits per heavy atom. The lowest BCUT2D eigenvalue weighted by Gasteiger charge is -2.11. The zero-order valence-electron chi connectivity index (χ0n) is 15.0. The fraction of sp³-hybridized carbons (Fsp3) is 0.333. The van der Waals surface area contributed by atoms with Crippen LogP contribution in [0.5, 0.6) is 11.5 Å². The fourth-order valence-electron chi connectivity index (χ4n) is 1.61. The van der Waals surface area contributed by atoms with Crippen molar-refractivity contribution in [2.45, 2.75) is 13.5 Å². The van der Waals surface area contributed by atoms with E-state index in [1.165, 1.54) is 24.1 Å². The van der Waals surface area contributed by atoms with Gasteiger partial charge < -0.3 is 14.8 Å². The second-order valence-electron chi connectivity index (χ2n) is 4.52. The Kier molecular flexibility index (Phi) is 12.7. The molecule has 134 valence electrons. The molecule has 2 N–H and O–H groups in total. The number of methoxy groups -OCH3 is 2. The van der Waals surface area contributed by atoms with Crippen molar-refractivity contribution < 1.29 is 13.9 Å². The first-order valence-corrected chi connectivity index (χ1v) is 8.23. The molecule has 0 unspecified atom stereocenters. The molecule has 1 aromatic carbocycles. The zero-order chi connectivity index (χ0) is 18.4. The fourth-order valence-corrected chi connectivity index (χ4v) is 2.24. The summed E-state index contributed by atoms with van der Waals surface area (Å²) < 4.78 is 27.2. The molecular weight excluding hydrogens is 327 g/mol. The normalized spacial score (nSPS) is 11.4. The van der Waals surface area contributed by atoms with Gasteiger partial charge in [0.1, 0.15) is 17.3 Å². The maximum absolute atomic E-state index is 13.7. The van der Waals surface area contributed by atoms with Crippen LogP contribution in [-0.2, 0) is 6.54 Å². The topological polar surface area (TPSA) is 42.5 Å². The smallest absolute Gasteiger partial charge is 0.137 e. The molecule has 0 bridgehead atoms. The molecule has 6 heteroatoms. The number of halogens is 1. The first-order valence-electron chi connectivity index (χ1n) is 7.41. The molecule has 0 aliphatic heterocycles. The highest BCUT2D eigenvalue weighted by atomic mass is 32.2. The van der Waals surface area contributed by atoms with Crippen molar-refractivity contribution in [1.29, 1.82) is 0 Å².